The fourth-order valence-electron chi connectivity index (χ4n) is 1.86. The Morgan fingerprint density at radius 3 is 2.29 bits per heavy atom. The molecule has 2 aromatic carbocycles. The highest BCUT2D eigenvalue weighted by molar-refractivity contribution is 5.73. The van der Waals surface area contributed by atoms with Crippen LogP contribution in [0.4, 0.5) is 5.69 Å². The van der Waals surface area contributed by atoms with E-state index in [1.807, 2.05) is 30.4 Å². The number of methoxy groups -OCH3 is 2. The third-order valence-corrected chi connectivity index (χ3v) is 3.00. The van der Waals surface area contributed by atoms with Gasteiger partial charge in [-0.05, 0) is 35.9 Å². The normalized spacial score (nSPS) is 10.6. The van der Waals surface area contributed by atoms with Crippen LogP contribution in [-0.2, 0) is 0 Å². The molecular formula is C16H15NO4. The first kappa shape index (κ1) is 14.6. The van der Waals surface area contributed by atoms with E-state index >= 15 is 0 Å². The summed E-state index contributed by atoms with van der Waals surface area (Å²) in [6.45, 7) is 0. The first-order valence-corrected chi connectivity index (χ1v) is 6.28. The average molecular weight is 285 g/mol. The van der Waals surface area contributed by atoms with Gasteiger partial charge in [0.15, 0.2) is 0 Å². The molecule has 2 aromatic rings. The molecule has 0 heterocycles. The summed E-state index contributed by atoms with van der Waals surface area (Å²) < 4.78 is 10.5. The molecule has 0 aromatic heterocycles. The van der Waals surface area contributed by atoms with Gasteiger partial charge < -0.3 is 9.47 Å². The van der Waals surface area contributed by atoms with Gasteiger partial charge in [-0.25, -0.2) is 0 Å². The molecule has 0 aliphatic rings. The van der Waals surface area contributed by atoms with Crippen molar-refractivity contribution in [3.63, 3.8) is 0 Å². The van der Waals surface area contributed by atoms with E-state index in [2.05, 4.69) is 0 Å². The van der Waals surface area contributed by atoms with E-state index in [9.17, 15) is 10.1 Å². The summed E-state index contributed by atoms with van der Waals surface area (Å²) >= 11 is 0. The van der Waals surface area contributed by atoms with Crippen LogP contribution >= 0.6 is 0 Å². The van der Waals surface area contributed by atoms with E-state index < -0.39 is 4.92 Å². The summed E-state index contributed by atoms with van der Waals surface area (Å²) in [6.07, 6.45) is 3.74. The maximum Gasteiger partial charge on any atom is 0.269 e. The van der Waals surface area contributed by atoms with Gasteiger partial charge in [0.2, 0.25) is 0 Å². The van der Waals surface area contributed by atoms with E-state index in [1.165, 1.54) is 12.1 Å². The molecule has 0 aliphatic carbocycles. The first-order chi connectivity index (χ1) is 10.1. The first-order valence-electron chi connectivity index (χ1n) is 6.28. The molecule has 0 bridgehead atoms. The second kappa shape index (κ2) is 6.56. The van der Waals surface area contributed by atoms with Gasteiger partial charge in [-0.1, -0.05) is 12.2 Å². The molecule has 5 heteroatoms. The van der Waals surface area contributed by atoms with Gasteiger partial charge in [0.25, 0.3) is 5.69 Å². The molecule has 0 spiro atoms. The van der Waals surface area contributed by atoms with Gasteiger partial charge in [-0.3, -0.25) is 10.1 Å². The van der Waals surface area contributed by atoms with Gasteiger partial charge in [0, 0.05) is 17.7 Å². The molecule has 2 rings (SSSR count). The molecule has 0 aliphatic heterocycles. The van der Waals surface area contributed by atoms with Crippen LogP contribution in [0, 0.1) is 10.1 Å². The van der Waals surface area contributed by atoms with Crippen molar-refractivity contribution in [1.82, 2.24) is 0 Å². The zero-order valence-corrected chi connectivity index (χ0v) is 11.8. The number of nitro benzene ring substituents is 1. The number of benzene rings is 2. The molecule has 108 valence electrons. The lowest BCUT2D eigenvalue weighted by molar-refractivity contribution is -0.384. The molecule has 0 atom stereocenters. The fraction of sp³-hybridized carbons (Fsp3) is 0.125. The zero-order chi connectivity index (χ0) is 15.2. The number of hydrogen-bond acceptors (Lipinski definition) is 4. The molecule has 0 saturated carbocycles. The third kappa shape index (κ3) is 3.60. The Morgan fingerprint density at radius 2 is 1.71 bits per heavy atom. The predicted molar refractivity (Wildman–Crippen MR) is 81.6 cm³/mol. The van der Waals surface area contributed by atoms with Crippen molar-refractivity contribution in [2.24, 2.45) is 0 Å². The predicted octanol–water partition coefficient (Wildman–Crippen LogP) is 3.78. The summed E-state index contributed by atoms with van der Waals surface area (Å²) in [5.74, 6) is 1.47. The average Bonchev–Trinajstić information content (AvgIpc) is 2.52. The lowest BCUT2D eigenvalue weighted by Crippen LogP contribution is -1.89. The number of rotatable bonds is 5. The Hall–Kier alpha value is -2.82. The quantitative estimate of drug-likeness (QED) is 0.476. The molecule has 21 heavy (non-hydrogen) atoms. The highest BCUT2D eigenvalue weighted by atomic mass is 16.6. The van der Waals surface area contributed by atoms with Crippen molar-refractivity contribution in [3.05, 3.63) is 63.7 Å². The monoisotopic (exact) mass is 285 g/mol. The number of non-ortho nitro benzene ring substituents is 1. The Balaban J connectivity index is 2.25. The van der Waals surface area contributed by atoms with Crippen molar-refractivity contribution >= 4 is 17.8 Å². The smallest absolute Gasteiger partial charge is 0.269 e. The van der Waals surface area contributed by atoms with Crippen LogP contribution in [0.15, 0.2) is 42.5 Å². The largest absolute Gasteiger partial charge is 0.497 e. The molecule has 0 saturated heterocycles. The van der Waals surface area contributed by atoms with E-state index in [1.54, 1.807) is 26.4 Å². The van der Waals surface area contributed by atoms with Crippen LogP contribution in [0.5, 0.6) is 11.5 Å². The highest BCUT2D eigenvalue weighted by Crippen LogP contribution is 2.26. The lowest BCUT2D eigenvalue weighted by Gasteiger charge is -2.07. The van der Waals surface area contributed by atoms with Crippen molar-refractivity contribution in [3.8, 4) is 11.5 Å². The Bertz CT molecular complexity index is 662. The SMILES string of the molecule is COc1ccc(OC)c(/C=C/c2ccc([N+](=O)[O-])cc2)c1. The van der Waals surface area contributed by atoms with E-state index in [0.29, 0.717) is 0 Å². The Kier molecular flexibility index (Phi) is 4.56. The number of nitro groups is 1. The number of nitrogens with zero attached hydrogens (tertiary/aromatic N) is 1. The highest BCUT2D eigenvalue weighted by Gasteiger charge is 2.04. The van der Waals surface area contributed by atoms with E-state index in [4.69, 9.17) is 9.47 Å². The lowest BCUT2D eigenvalue weighted by atomic mass is 10.1. The van der Waals surface area contributed by atoms with Crippen molar-refractivity contribution < 1.29 is 14.4 Å². The van der Waals surface area contributed by atoms with Crippen molar-refractivity contribution in [1.29, 1.82) is 0 Å². The van der Waals surface area contributed by atoms with Gasteiger partial charge in [0.1, 0.15) is 11.5 Å². The second-order valence-corrected chi connectivity index (χ2v) is 4.29. The maximum absolute atomic E-state index is 10.6. The van der Waals surface area contributed by atoms with Crippen molar-refractivity contribution in [2.75, 3.05) is 14.2 Å². The molecule has 0 fully saturated rings. The summed E-state index contributed by atoms with van der Waals surface area (Å²) in [5, 5.41) is 10.6. The van der Waals surface area contributed by atoms with Crippen LogP contribution in [0.2, 0.25) is 0 Å². The Labute approximate surface area is 122 Å². The summed E-state index contributed by atoms with van der Waals surface area (Å²) in [7, 11) is 3.21. The van der Waals surface area contributed by atoms with Crippen LogP contribution in [0.25, 0.3) is 12.2 Å². The Morgan fingerprint density at radius 1 is 1.00 bits per heavy atom. The molecular weight excluding hydrogens is 270 g/mol. The van der Waals surface area contributed by atoms with Crippen LogP contribution in [0.3, 0.4) is 0 Å². The second-order valence-electron chi connectivity index (χ2n) is 4.29. The number of hydrogen-bond donors (Lipinski definition) is 0. The third-order valence-electron chi connectivity index (χ3n) is 3.00. The van der Waals surface area contributed by atoms with Gasteiger partial charge in [-0.15, -0.1) is 0 Å². The standard InChI is InChI=1S/C16H15NO4/c1-20-15-9-10-16(21-2)13(11-15)6-3-12-4-7-14(8-5-12)17(18)19/h3-11H,1-2H3/b6-3+. The van der Waals surface area contributed by atoms with Gasteiger partial charge >= 0.3 is 0 Å². The minimum atomic E-state index is -0.418. The topological polar surface area (TPSA) is 61.6 Å². The summed E-state index contributed by atoms with van der Waals surface area (Å²) in [4.78, 5) is 10.2. The van der Waals surface area contributed by atoms with E-state index in [-0.39, 0.29) is 5.69 Å². The minimum absolute atomic E-state index is 0.0751. The zero-order valence-electron chi connectivity index (χ0n) is 11.8. The molecule has 0 N–H and O–H groups in total. The summed E-state index contributed by atoms with van der Waals surface area (Å²) in [6, 6.07) is 11.9. The van der Waals surface area contributed by atoms with Crippen LogP contribution < -0.4 is 9.47 Å². The van der Waals surface area contributed by atoms with Crippen molar-refractivity contribution in [2.45, 2.75) is 0 Å². The van der Waals surface area contributed by atoms with Crippen LogP contribution in [0.1, 0.15) is 11.1 Å². The fourth-order valence-corrected chi connectivity index (χ4v) is 1.86. The van der Waals surface area contributed by atoms with Crippen LogP contribution in [-0.4, -0.2) is 19.1 Å². The maximum atomic E-state index is 10.6. The molecule has 0 amide bonds. The molecule has 0 radical (unpaired) electrons. The van der Waals surface area contributed by atoms with E-state index in [0.717, 1.165) is 22.6 Å². The minimum Gasteiger partial charge on any atom is -0.497 e. The van der Waals surface area contributed by atoms with Gasteiger partial charge in [-0.2, -0.15) is 0 Å². The summed E-state index contributed by atoms with van der Waals surface area (Å²) in [5.41, 5.74) is 1.81. The molecule has 5 nitrogen and oxygen atoms in total. The number of ether oxygens (including phenoxy) is 2. The molecule has 0 unspecified atom stereocenters. The van der Waals surface area contributed by atoms with Gasteiger partial charge in [0.05, 0.1) is 19.1 Å².